The monoisotopic (exact) mass is 204 g/mol. The van der Waals surface area contributed by atoms with Gasteiger partial charge >= 0.3 is 5.97 Å². The summed E-state index contributed by atoms with van der Waals surface area (Å²) in [5.74, 6) is 4.75. The Kier molecular flexibility index (Phi) is 4.39. The number of carbonyl (C=O) groups is 1. The second-order valence-corrected chi connectivity index (χ2v) is 3.00. The molecule has 1 aromatic carbocycles. The van der Waals surface area contributed by atoms with Gasteiger partial charge in [0.05, 0.1) is 13.0 Å². The minimum atomic E-state index is -0.869. The average molecular weight is 204 g/mol. The zero-order valence-electron chi connectivity index (χ0n) is 8.23. The molecule has 3 heteroatoms. The molecule has 0 heterocycles. The molecule has 1 aromatic rings. The van der Waals surface area contributed by atoms with Crippen LogP contribution in [-0.4, -0.2) is 22.8 Å². The van der Waals surface area contributed by atoms with Crippen LogP contribution in [0.1, 0.15) is 17.5 Å². The highest BCUT2D eigenvalue weighted by atomic mass is 16.4. The van der Waals surface area contributed by atoms with E-state index in [-0.39, 0.29) is 13.0 Å². The lowest BCUT2D eigenvalue weighted by atomic mass is 10.1. The predicted molar refractivity (Wildman–Crippen MR) is 56.4 cm³/mol. The van der Waals surface area contributed by atoms with Crippen molar-refractivity contribution in [3.8, 4) is 11.8 Å². The molecule has 0 aliphatic heterocycles. The fourth-order valence-electron chi connectivity index (χ4n) is 1.17. The Morgan fingerprint density at radius 2 is 2.07 bits per heavy atom. The third-order valence-corrected chi connectivity index (χ3v) is 1.82. The van der Waals surface area contributed by atoms with E-state index in [2.05, 4.69) is 11.8 Å². The molecular formula is C12H12O3. The van der Waals surface area contributed by atoms with Crippen LogP contribution in [0.15, 0.2) is 24.3 Å². The summed E-state index contributed by atoms with van der Waals surface area (Å²) in [4.78, 5) is 10.6. The Morgan fingerprint density at radius 3 is 2.73 bits per heavy atom. The highest BCUT2D eigenvalue weighted by Gasteiger charge is 2.03. The Labute approximate surface area is 88.4 Å². The van der Waals surface area contributed by atoms with Gasteiger partial charge in [-0.05, 0) is 11.6 Å². The first-order valence-corrected chi connectivity index (χ1v) is 4.63. The molecule has 0 spiro atoms. The van der Waals surface area contributed by atoms with Gasteiger partial charge in [0.1, 0.15) is 0 Å². The summed E-state index contributed by atoms with van der Waals surface area (Å²) in [6.45, 7) is 0.0219. The number of benzene rings is 1. The first-order chi connectivity index (χ1) is 7.24. The molecular weight excluding hydrogens is 192 g/mol. The van der Waals surface area contributed by atoms with E-state index in [0.717, 1.165) is 0 Å². The molecule has 0 atom stereocenters. The summed E-state index contributed by atoms with van der Waals surface area (Å²) in [7, 11) is 0. The molecule has 78 valence electrons. The maximum Gasteiger partial charge on any atom is 0.307 e. The van der Waals surface area contributed by atoms with Gasteiger partial charge in [-0.1, -0.05) is 30.0 Å². The van der Waals surface area contributed by atoms with Crippen molar-refractivity contribution in [1.29, 1.82) is 0 Å². The Hall–Kier alpha value is -1.79. The van der Waals surface area contributed by atoms with Gasteiger partial charge in [0.25, 0.3) is 0 Å². The van der Waals surface area contributed by atoms with E-state index in [4.69, 9.17) is 10.2 Å². The molecule has 3 nitrogen and oxygen atoms in total. The van der Waals surface area contributed by atoms with Crippen LogP contribution in [0, 0.1) is 11.8 Å². The van der Waals surface area contributed by atoms with Crippen LogP contribution < -0.4 is 0 Å². The van der Waals surface area contributed by atoms with Crippen molar-refractivity contribution in [2.24, 2.45) is 0 Å². The first kappa shape index (κ1) is 11.3. The molecule has 0 aliphatic carbocycles. The number of hydrogen-bond acceptors (Lipinski definition) is 2. The van der Waals surface area contributed by atoms with Crippen molar-refractivity contribution in [2.75, 3.05) is 6.61 Å². The molecule has 15 heavy (non-hydrogen) atoms. The van der Waals surface area contributed by atoms with Crippen LogP contribution in [0.2, 0.25) is 0 Å². The Balaban J connectivity index is 2.87. The van der Waals surface area contributed by atoms with Crippen LogP contribution in [0.3, 0.4) is 0 Å². The van der Waals surface area contributed by atoms with Crippen LogP contribution in [-0.2, 0) is 11.2 Å². The van der Waals surface area contributed by atoms with E-state index in [1.807, 2.05) is 6.07 Å². The molecule has 0 saturated carbocycles. The lowest BCUT2D eigenvalue weighted by molar-refractivity contribution is -0.136. The van der Waals surface area contributed by atoms with Gasteiger partial charge in [0.15, 0.2) is 0 Å². The number of aliphatic carboxylic acids is 1. The largest absolute Gasteiger partial charge is 0.481 e. The molecule has 0 saturated heterocycles. The highest BCUT2D eigenvalue weighted by molar-refractivity contribution is 5.71. The minimum Gasteiger partial charge on any atom is -0.481 e. The predicted octanol–water partition coefficient (Wildman–Crippen LogP) is 1.05. The molecule has 1 rings (SSSR count). The SMILES string of the molecule is O=C(O)Cc1ccccc1C#CCCO. The van der Waals surface area contributed by atoms with E-state index in [1.54, 1.807) is 18.2 Å². The van der Waals surface area contributed by atoms with Crippen molar-refractivity contribution in [1.82, 2.24) is 0 Å². The quantitative estimate of drug-likeness (QED) is 0.723. The summed E-state index contributed by atoms with van der Waals surface area (Å²) in [5, 5.41) is 17.2. The van der Waals surface area contributed by atoms with E-state index in [1.165, 1.54) is 0 Å². The molecule has 0 aliphatic rings. The van der Waals surface area contributed by atoms with E-state index < -0.39 is 5.97 Å². The number of rotatable bonds is 3. The number of aliphatic hydroxyl groups excluding tert-OH is 1. The van der Waals surface area contributed by atoms with Gasteiger partial charge in [-0.15, -0.1) is 0 Å². The van der Waals surface area contributed by atoms with Crippen LogP contribution in [0.4, 0.5) is 0 Å². The molecule has 0 fully saturated rings. The number of aliphatic hydroxyl groups is 1. The van der Waals surface area contributed by atoms with Gasteiger partial charge in [-0.25, -0.2) is 0 Å². The second-order valence-electron chi connectivity index (χ2n) is 3.00. The van der Waals surface area contributed by atoms with Crippen molar-refractivity contribution < 1.29 is 15.0 Å². The van der Waals surface area contributed by atoms with Gasteiger partial charge in [-0.2, -0.15) is 0 Å². The molecule has 0 bridgehead atoms. The molecule has 0 radical (unpaired) electrons. The lowest BCUT2D eigenvalue weighted by Crippen LogP contribution is -2.01. The standard InChI is InChI=1S/C12H12O3/c13-8-4-3-6-10-5-1-2-7-11(10)9-12(14)15/h1-2,5,7,13H,4,8-9H2,(H,14,15). The van der Waals surface area contributed by atoms with Crippen molar-refractivity contribution >= 4 is 5.97 Å². The van der Waals surface area contributed by atoms with Crippen LogP contribution in [0.25, 0.3) is 0 Å². The summed E-state index contributed by atoms with van der Waals surface area (Å²) in [5.41, 5.74) is 1.42. The third-order valence-electron chi connectivity index (χ3n) is 1.82. The van der Waals surface area contributed by atoms with Gasteiger partial charge in [-0.3, -0.25) is 4.79 Å². The Bertz CT molecular complexity index is 399. The van der Waals surface area contributed by atoms with Crippen LogP contribution >= 0.6 is 0 Å². The highest BCUT2D eigenvalue weighted by Crippen LogP contribution is 2.08. The fraction of sp³-hybridized carbons (Fsp3) is 0.250. The average Bonchev–Trinajstić information content (AvgIpc) is 2.20. The zero-order chi connectivity index (χ0) is 11.1. The van der Waals surface area contributed by atoms with Gasteiger partial charge in [0, 0.05) is 12.0 Å². The van der Waals surface area contributed by atoms with Gasteiger partial charge in [0.2, 0.25) is 0 Å². The lowest BCUT2D eigenvalue weighted by Gasteiger charge is -1.99. The molecule has 0 unspecified atom stereocenters. The maximum absolute atomic E-state index is 10.6. The van der Waals surface area contributed by atoms with E-state index in [0.29, 0.717) is 17.5 Å². The number of hydrogen-bond donors (Lipinski definition) is 2. The minimum absolute atomic E-state index is 0.0219. The summed E-state index contributed by atoms with van der Waals surface area (Å²) < 4.78 is 0. The maximum atomic E-state index is 10.6. The molecule has 0 amide bonds. The van der Waals surface area contributed by atoms with Crippen molar-refractivity contribution in [2.45, 2.75) is 12.8 Å². The summed E-state index contributed by atoms with van der Waals surface area (Å²) in [6, 6.07) is 7.13. The van der Waals surface area contributed by atoms with E-state index in [9.17, 15) is 4.79 Å². The molecule has 2 N–H and O–H groups in total. The summed E-state index contributed by atoms with van der Waals surface area (Å²) in [6.07, 6.45) is 0.380. The van der Waals surface area contributed by atoms with Crippen LogP contribution in [0.5, 0.6) is 0 Å². The van der Waals surface area contributed by atoms with Gasteiger partial charge < -0.3 is 10.2 Å². The Morgan fingerprint density at radius 1 is 1.33 bits per heavy atom. The number of carboxylic acids is 1. The zero-order valence-corrected chi connectivity index (χ0v) is 8.23. The fourth-order valence-corrected chi connectivity index (χ4v) is 1.17. The normalized spacial score (nSPS) is 9.13. The summed E-state index contributed by atoms with van der Waals surface area (Å²) >= 11 is 0. The second kappa shape index (κ2) is 5.84. The first-order valence-electron chi connectivity index (χ1n) is 4.63. The number of carboxylic acid groups (broad SMARTS) is 1. The topological polar surface area (TPSA) is 57.5 Å². The van der Waals surface area contributed by atoms with Crippen molar-refractivity contribution in [3.05, 3.63) is 35.4 Å². The third kappa shape index (κ3) is 3.84. The van der Waals surface area contributed by atoms with E-state index >= 15 is 0 Å². The smallest absolute Gasteiger partial charge is 0.307 e. The molecule has 0 aromatic heterocycles. The van der Waals surface area contributed by atoms with Crippen molar-refractivity contribution in [3.63, 3.8) is 0 Å².